The number of amides is 3. The average Bonchev–Trinajstić information content (AvgIpc) is 3.36. The summed E-state index contributed by atoms with van der Waals surface area (Å²) >= 11 is 0. The van der Waals surface area contributed by atoms with Gasteiger partial charge < -0.3 is 24.6 Å². The molecule has 7 nitrogen and oxygen atoms in total. The van der Waals surface area contributed by atoms with Crippen molar-refractivity contribution >= 4 is 11.9 Å². The van der Waals surface area contributed by atoms with Gasteiger partial charge >= 0.3 is 6.03 Å². The van der Waals surface area contributed by atoms with Gasteiger partial charge in [-0.1, -0.05) is 6.07 Å². The monoisotopic (exact) mass is 359 g/mol. The highest BCUT2D eigenvalue weighted by molar-refractivity contribution is 5.81. The third-order valence-electron chi connectivity index (χ3n) is 5.34. The van der Waals surface area contributed by atoms with Crippen LogP contribution in [0.2, 0.25) is 0 Å². The first kappa shape index (κ1) is 17.0. The normalized spacial score (nSPS) is 21.8. The van der Waals surface area contributed by atoms with Crippen LogP contribution in [-0.2, 0) is 11.3 Å². The maximum Gasteiger partial charge on any atom is 0.320 e. The van der Waals surface area contributed by atoms with E-state index in [1.54, 1.807) is 0 Å². The van der Waals surface area contributed by atoms with Gasteiger partial charge in [0.1, 0.15) is 0 Å². The number of piperidine rings is 1. The van der Waals surface area contributed by atoms with E-state index >= 15 is 0 Å². The summed E-state index contributed by atoms with van der Waals surface area (Å²) in [4.78, 5) is 28.9. The van der Waals surface area contributed by atoms with Gasteiger partial charge in [-0.15, -0.1) is 0 Å². The van der Waals surface area contributed by atoms with Gasteiger partial charge in [0.25, 0.3) is 0 Å². The molecule has 0 saturated carbocycles. The van der Waals surface area contributed by atoms with Crippen LogP contribution in [0.25, 0.3) is 0 Å². The van der Waals surface area contributed by atoms with E-state index in [9.17, 15) is 9.59 Å². The number of rotatable bonds is 3. The van der Waals surface area contributed by atoms with E-state index in [0.717, 1.165) is 62.4 Å². The van der Waals surface area contributed by atoms with E-state index in [1.807, 2.05) is 28.0 Å². The summed E-state index contributed by atoms with van der Waals surface area (Å²) in [6.07, 6.45) is 3.87. The van der Waals surface area contributed by atoms with Crippen molar-refractivity contribution in [2.75, 3.05) is 33.0 Å². The lowest BCUT2D eigenvalue weighted by molar-refractivity contribution is -0.126. The average molecular weight is 359 g/mol. The fourth-order valence-electron chi connectivity index (χ4n) is 3.86. The number of hydrogen-bond donors (Lipinski definition) is 1. The van der Waals surface area contributed by atoms with Gasteiger partial charge in [0.15, 0.2) is 11.5 Å². The number of carbonyl (C=O) groups excluding carboxylic acids is 2. The Balaban J connectivity index is 1.30. The van der Waals surface area contributed by atoms with Crippen LogP contribution >= 0.6 is 0 Å². The van der Waals surface area contributed by atoms with E-state index in [-0.39, 0.29) is 24.6 Å². The fraction of sp³-hybridized carbons (Fsp3) is 0.579. The number of likely N-dealkylation sites (tertiary alicyclic amines) is 2. The van der Waals surface area contributed by atoms with E-state index < -0.39 is 0 Å². The Hall–Kier alpha value is -2.44. The summed E-state index contributed by atoms with van der Waals surface area (Å²) in [7, 11) is 0. The highest BCUT2D eigenvalue weighted by Crippen LogP contribution is 2.32. The first-order valence-corrected chi connectivity index (χ1v) is 9.41. The fourth-order valence-corrected chi connectivity index (χ4v) is 3.86. The molecule has 2 saturated heterocycles. The number of nitrogens with one attached hydrogen (secondary N) is 1. The quantitative estimate of drug-likeness (QED) is 0.896. The van der Waals surface area contributed by atoms with Gasteiger partial charge in [-0.25, -0.2) is 4.79 Å². The Kier molecular flexibility index (Phi) is 4.86. The second-order valence-corrected chi connectivity index (χ2v) is 7.17. The zero-order valence-corrected chi connectivity index (χ0v) is 14.9. The lowest BCUT2D eigenvalue weighted by Crippen LogP contribution is -2.49. The molecule has 1 N–H and O–H groups in total. The van der Waals surface area contributed by atoms with Crippen LogP contribution in [0, 0.1) is 5.92 Å². The van der Waals surface area contributed by atoms with Crippen molar-refractivity contribution in [3.63, 3.8) is 0 Å². The minimum Gasteiger partial charge on any atom is -0.454 e. The topological polar surface area (TPSA) is 71.1 Å². The molecule has 1 aromatic carbocycles. The van der Waals surface area contributed by atoms with Crippen LogP contribution in [0.5, 0.6) is 11.5 Å². The molecule has 0 spiro atoms. The maximum absolute atomic E-state index is 12.6. The van der Waals surface area contributed by atoms with Gasteiger partial charge in [-0.2, -0.15) is 0 Å². The molecule has 1 unspecified atom stereocenters. The zero-order chi connectivity index (χ0) is 17.9. The highest BCUT2D eigenvalue weighted by Gasteiger charge is 2.31. The Morgan fingerprint density at radius 1 is 1.04 bits per heavy atom. The number of benzene rings is 1. The summed E-state index contributed by atoms with van der Waals surface area (Å²) in [6, 6.07) is 5.78. The van der Waals surface area contributed by atoms with Crippen LogP contribution in [0.15, 0.2) is 18.2 Å². The molecule has 0 aromatic heterocycles. The Morgan fingerprint density at radius 2 is 1.81 bits per heavy atom. The Morgan fingerprint density at radius 3 is 2.65 bits per heavy atom. The van der Waals surface area contributed by atoms with Crippen LogP contribution < -0.4 is 14.8 Å². The molecular formula is C19H25N3O4. The summed E-state index contributed by atoms with van der Waals surface area (Å²) < 4.78 is 10.7. The standard InChI is InChI=1S/C19H25N3O4/c23-18(20-11-14-5-6-16-17(10-14)26-13-25-16)15-4-3-9-22(12-15)19(24)21-7-1-2-8-21/h5-6,10,15H,1-4,7-9,11-13H2,(H,20,23). The minimum atomic E-state index is -0.135. The van der Waals surface area contributed by atoms with E-state index in [2.05, 4.69) is 5.32 Å². The number of ether oxygens (including phenoxy) is 2. The van der Waals surface area contributed by atoms with Crippen LogP contribution in [0.4, 0.5) is 4.79 Å². The summed E-state index contributed by atoms with van der Waals surface area (Å²) in [6.45, 7) is 3.65. The van der Waals surface area contributed by atoms with Gasteiger partial charge in [0.2, 0.25) is 12.7 Å². The van der Waals surface area contributed by atoms with Gasteiger partial charge in [-0.05, 0) is 43.4 Å². The lowest BCUT2D eigenvalue weighted by Gasteiger charge is -2.34. The molecule has 26 heavy (non-hydrogen) atoms. The van der Waals surface area contributed by atoms with Crippen molar-refractivity contribution in [3.05, 3.63) is 23.8 Å². The number of nitrogens with zero attached hydrogens (tertiary/aromatic N) is 2. The third-order valence-corrected chi connectivity index (χ3v) is 5.34. The summed E-state index contributed by atoms with van der Waals surface area (Å²) in [5.74, 6) is 1.34. The van der Waals surface area contributed by atoms with Crippen molar-refractivity contribution in [2.24, 2.45) is 5.92 Å². The second kappa shape index (κ2) is 7.43. The smallest absolute Gasteiger partial charge is 0.320 e. The van der Waals surface area contributed by atoms with E-state index in [4.69, 9.17) is 9.47 Å². The first-order chi connectivity index (χ1) is 12.7. The summed E-state index contributed by atoms with van der Waals surface area (Å²) in [5.41, 5.74) is 0.975. The van der Waals surface area contributed by atoms with Crippen LogP contribution in [0.1, 0.15) is 31.2 Å². The van der Waals surface area contributed by atoms with Crippen LogP contribution in [-0.4, -0.2) is 54.7 Å². The van der Waals surface area contributed by atoms with Gasteiger partial charge in [0, 0.05) is 32.7 Å². The number of hydrogen-bond acceptors (Lipinski definition) is 4. The summed E-state index contributed by atoms with van der Waals surface area (Å²) in [5, 5.41) is 3.00. The van der Waals surface area contributed by atoms with Crippen molar-refractivity contribution in [1.29, 1.82) is 0 Å². The molecule has 0 aliphatic carbocycles. The highest BCUT2D eigenvalue weighted by atomic mass is 16.7. The van der Waals surface area contributed by atoms with Crippen molar-refractivity contribution < 1.29 is 19.1 Å². The molecule has 3 amide bonds. The number of urea groups is 1. The van der Waals surface area contributed by atoms with Crippen molar-refractivity contribution in [2.45, 2.75) is 32.2 Å². The molecule has 3 aliphatic heterocycles. The largest absolute Gasteiger partial charge is 0.454 e. The molecule has 2 fully saturated rings. The SMILES string of the molecule is O=C(NCc1ccc2c(c1)OCO2)C1CCCN(C(=O)N2CCCC2)C1. The number of fused-ring (bicyclic) bond motifs is 1. The Bertz CT molecular complexity index is 687. The minimum absolute atomic E-state index is 0.0154. The third kappa shape index (κ3) is 3.57. The van der Waals surface area contributed by atoms with Crippen molar-refractivity contribution in [1.82, 2.24) is 15.1 Å². The zero-order valence-electron chi connectivity index (χ0n) is 14.9. The molecule has 3 aliphatic rings. The van der Waals surface area contributed by atoms with Crippen LogP contribution in [0.3, 0.4) is 0 Å². The molecule has 7 heteroatoms. The molecule has 1 aromatic rings. The predicted molar refractivity (Wildman–Crippen MR) is 94.9 cm³/mol. The second-order valence-electron chi connectivity index (χ2n) is 7.17. The first-order valence-electron chi connectivity index (χ1n) is 9.41. The van der Waals surface area contributed by atoms with Gasteiger partial charge in [0.05, 0.1) is 5.92 Å². The molecule has 1 atom stereocenters. The molecule has 4 rings (SSSR count). The predicted octanol–water partition coefficient (Wildman–Crippen LogP) is 1.96. The molecule has 0 radical (unpaired) electrons. The maximum atomic E-state index is 12.6. The molecular weight excluding hydrogens is 334 g/mol. The number of carbonyl (C=O) groups is 2. The molecule has 0 bridgehead atoms. The van der Waals surface area contributed by atoms with E-state index in [1.165, 1.54) is 0 Å². The lowest BCUT2D eigenvalue weighted by atomic mass is 9.97. The van der Waals surface area contributed by atoms with Crippen molar-refractivity contribution in [3.8, 4) is 11.5 Å². The molecule has 140 valence electrons. The Labute approximate surface area is 153 Å². The van der Waals surface area contributed by atoms with Gasteiger partial charge in [-0.3, -0.25) is 4.79 Å². The molecule has 3 heterocycles. The van der Waals surface area contributed by atoms with E-state index in [0.29, 0.717) is 13.1 Å².